The van der Waals surface area contributed by atoms with E-state index >= 15 is 0 Å². The van der Waals surface area contributed by atoms with E-state index in [2.05, 4.69) is 16.0 Å². The maximum Gasteiger partial charge on any atom is 0.0957 e. The second kappa shape index (κ2) is 6.87. The minimum atomic E-state index is -0.447. The van der Waals surface area contributed by atoms with Gasteiger partial charge in [0.15, 0.2) is 0 Å². The van der Waals surface area contributed by atoms with E-state index < -0.39 is 6.10 Å². The number of piperidine rings is 1. The van der Waals surface area contributed by atoms with E-state index in [-0.39, 0.29) is 0 Å². The van der Waals surface area contributed by atoms with Gasteiger partial charge in [0.2, 0.25) is 0 Å². The van der Waals surface area contributed by atoms with Gasteiger partial charge in [-0.2, -0.15) is 0 Å². The van der Waals surface area contributed by atoms with Crippen molar-refractivity contribution in [1.82, 2.24) is 4.98 Å². The summed E-state index contributed by atoms with van der Waals surface area (Å²) in [6.45, 7) is 6.84. The Morgan fingerprint density at radius 2 is 2.11 bits per heavy atom. The molecule has 1 aromatic rings. The third-order valence-electron chi connectivity index (χ3n) is 3.71. The first kappa shape index (κ1) is 14.3. The van der Waals surface area contributed by atoms with E-state index in [1.165, 1.54) is 0 Å². The van der Waals surface area contributed by atoms with E-state index in [0.29, 0.717) is 12.5 Å². The van der Waals surface area contributed by atoms with Crippen LogP contribution in [0.2, 0.25) is 0 Å². The number of aromatic nitrogens is 1. The van der Waals surface area contributed by atoms with Crippen LogP contribution >= 0.6 is 0 Å². The summed E-state index contributed by atoms with van der Waals surface area (Å²) in [5, 5.41) is 9.73. The summed E-state index contributed by atoms with van der Waals surface area (Å²) < 4.78 is 5.66. The molecule has 1 aromatic heterocycles. The number of pyridine rings is 1. The molecule has 1 fully saturated rings. The summed E-state index contributed by atoms with van der Waals surface area (Å²) in [6.07, 6.45) is 4.69. The molecule has 2 rings (SSSR count). The van der Waals surface area contributed by atoms with Crippen molar-refractivity contribution in [3.63, 3.8) is 0 Å². The van der Waals surface area contributed by atoms with Crippen LogP contribution in [0.5, 0.6) is 0 Å². The summed E-state index contributed by atoms with van der Waals surface area (Å²) >= 11 is 0. The van der Waals surface area contributed by atoms with Crippen LogP contribution in [-0.2, 0) is 4.74 Å². The van der Waals surface area contributed by atoms with E-state index in [9.17, 15) is 5.11 Å². The van der Waals surface area contributed by atoms with E-state index in [4.69, 9.17) is 4.74 Å². The number of aliphatic hydroxyl groups excluding tert-OH is 1. The molecule has 4 nitrogen and oxygen atoms in total. The monoisotopic (exact) mass is 264 g/mol. The molecule has 1 N–H and O–H groups in total. The molecule has 2 heterocycles. The van der Waals surface area contributed by atoms with Crippen molar-refractivity contribution in [2.24, 2.45) is 0 Å². The zero-order valence-electron chi connectivity index (χ0n) is 11.9. The molecular weight excluding hydrogens is 240 g/mol. The molecule has 1 atom stereocenters. The third-order valence-corrected chi connectivity index (χ3v) is 3.71. The molecule has 0 saturated carbocycles. The second-order valence-corrected chi connectivity index (χ2v) is 5.01. The molecule has 1 saturated heterocycles. The van der Waals surface area contributed by atoms with Crippen LogP contribution in [0, 0.1) is 0 Å². The molecule has 4 heteroatoms. The Labute approximate surface area is 115 Å². The van der Waals surface area contributed by atoms with Crippen molar-refractivity contribution in [1.29, 1.82) is 0 Å². The maximum absolute atomic E-state index is 9.73. The highest BCUT2D eigenvalue weighted by molar-refractivity contribution is 5.45. The Kier molecular flexibility index (Phi) is 5.16. The van der Waals surface area contributed by atoms with E-state index in [0.717, 1.165) is 43.9 Å². The van der Waals surface area contributed by atoms with Gasteiger partial charge in [-0.25, -0.2) is 0 Å². The van der Waals surface area contributed by atoms with Gasteiger partial charge in [0.25, 0.3) is 0 Å². The molecule has 19 heavy (non-hydrogen) atoms. The van der Waals surface area contributed by atoms with Crippen molar-refractivity contribution in [3.8, 4) is 0 Å². The molecular formula is C15H24N2O2. The van der Waals surface area contributed by atoms with Crippen molar-refractivity contribution in [3.05, 3.63) is 24.0 Å². The van der Waals surface area contributed by atoms with Gasteiger partial charge in [-0.1, -0.05) is 6.92 Å². The predicted molar refractivity (Wildman–Crippen MR) is 76.3 cm³/mol. The zero-order chi connectivity index (χ0) is 13.7. The molecule has 0 bridgehead atoms. The minimum Gasteiger partial charge on any atom is -0.387 e. The van der Waals surface area contributed by atoms with Crippen molar-refractivity contribution in [2.75, 3.05) is 24.6 Å². The van der Waals surface area contributed by atoms with E-state index in [1.54, 1.807) is 0 Å². The largest absolute Gasteiger partial charge is 0.387 e. The summed E-state index contributed by atoms with van der Waals surface area (Å²) in [6, 6.07) is 3.99. The molecule has 0 amide bonds. The first-order valence-electron chi connectivity index (χ1n) is 7.25. The summed E-state index contributed by atoms with van der Waals surface area (Å²) in [5.41, 5.74) is 1.90. The Balaban J connectivity index is 1.92. The zero-order valence-corrected chi connectivity index (χ0v) is 11.9. The first-order valence-corrected chi connectivity index (χ1v) is 7.25. The number of hydrogen-bond acceptors (Lipinski definition) is 4. The van der Waals surface area contributed by atoms with Crippen LogP contribution in [0.15, 0.2) is 18.3 Å². The lowest BCUT2D eigenvalue weighted by atomic mass is 10.1. The van der Waals surface area contributed by atoms with Gasteiger partial charge in [-0.15, -0.1) is 0 Å². The SMILES string of the molecule is CCOC1CCN(c2ccc([C@H](O)CC)nc2)CC1. The number of anilines is 1. The Morgan fingerprint density at radius 1 is 1.37 bits per heavy atom. The minimum absolute atomic E-state index is 0.412. The van der Waals surface area contributed by atoms with Crippen LogP contribution in [0.3, 0.4) is 0 Å². The van der Waals surface area contributed by atoms with Crippen LogP contribution < -0.4 is 4.90 Å². The predicted octanol–water partition coefficient (Wildman–Crippen LogP) is 2.53. The molecule has 0 unspecified atom stereocenters. The van der Waals surface area contributed by atoms with Crippen molar-refractivity contribution in [2.45, 2.75) is 45.3 Å². The second-order valence-electron chi connectivity index (χ2n) is 5.01. The third kappa shape index (κ3) is 3.67. The summed E-state index contributed by atoms with van der Waals surface area (Å²) in [5.74, 6) is 0. The van der Waals surface area contributed by atoms with Gasteiger partial charge in [0, 0.05) is 19.7 Å². The lowest BCUT2D eigenvalue weighted by Gasteiger charge is -2.33. The Morgan fingerprint density at radius 3 is 2.63 bits per heavy atom. The lowest BCUT2D eigenvalue weighted by molar-refractivity contribution is 0.0459. The number of rotatable bonds is 5. The number of ether oxygens (including phenoxy) is 1. The van der Waals surface area contributed by atoms with Crippen molar-refractivity contribution < 1.29 is 9.84 Å². The molecule has 0 spiro atoms. The Hall–Kier alpha value is -1.13. The standard InChI is InChI=1S/C15H24N2O2/c1-3-15(18)14-6-5-12(11-16-14)17-9-7-13(8-10-17)19-4-2/h5-6,11,13,15,18H,3-4,7-10H2,1-2H3/t15-/m1/s1. The number of nitrogens with zero attached hydrogens (tertiary/aromatic N) is 2. The van der Waals surface area contributed by atoms with Crippen LogP contribution in [-0.4, -0.2) is 35.9 Å². The topological polar surface area (TPSA) is 45.6 Å². The van der Waals surface area contributed by atoms with Gasteiger partial charge >= 0.3 is 0 Å². The summed E-state index contributed by atoms with van der Waals surface area (Å²) in [4.78, 5) is 6.70. The fraction of sp³-hybridized carbons (Fsp3) is 0.667. The molecule has 0 aliphatic carbocycles. The molecule has 1 aliphatic rings. The van der Waals surface area contributed by atoms with Crippen molar-refractivity contribution >= 4 is 5.69 Å². The van der Waals surface area contributed by atoms with Gasteiger partial charge in [0.05, 0.1) is 29.8 Å². The van der Waals surface area contributed by atoms with Gasteiger partial charge < -0.3 is 14.7 Å². The maximum atomic E-state index is 9.73. The summed E-state index contributed by atoms with van der Waals surface area (Å²) in [7, 11) is 0. The highest BCUT2D eigenvalue weighted by atomic mass is 16.5. The van der Waals surface area contributed by atoms with Gasteiger partial charge in [0.1, 0.15) is 0 Å². The quantitative estimate of drug-likeness (QED) is 0.887. The average molecular weight is 264 g/mol. The van der Waals surface area contributed by atoms with Crippen LogP contribution in [0.4, 0.5) is 5.69 Å². The molecule has 1 aliphatic heterocycles. The van der Waals surface area contributed by atoms with Gasteiger partial charge in [-0.3, -0.25) is 4.98 Å². The fourth-order valence-corrected chi connectivity index (χ4v) is 2.51. The smallest absolute Gasteiger partial charge is 0.0957 e. The first-order chi connectivity index (χ1) is 9.24. The molecule has 0 aromatic carbocycles. The van der Waals surface area contributed by atoms with Crippen LogP contribution in [0.1, 0.15) is 44.9 Å². The van der Waals surface area contributed by atoms with E-state index in [1.807, 2.05) is 26.1 Å². The number of aliphatic hydroxyl groups is 1. The highest BCUT2D eigenvalue weighted by Crippen LogP contribution is 2.22. The molecule has 0 radical (unpaired) electrons. The number of hydrogen-bond donors (Lipinski definition) is 1. The Bertz CT molecular complexity index is 372. The van der Waals surface area contributed by atoms with Crippen LogP contribution in [0.25, 0.3) is 0 Å². The lowest BCUT2D eigenvalue weighted by Crippen LogP contribution is -2.37. The normalized spacial score (nSPS) is 18.6. The van der Waals surface area contributed by atoms with Gasteiger partial charge in [-0.05, 0) is 38.3 Å². The highest BCUT2D eigenvalue weighted by Gasteiger charge is 2.19. The average Bonchev–Trinajstić information content (AvgIpc) is 2.48. The fourth-order valence-electron chi connectivity index (χ4n) is 2.51. The molecule has 106 valence electrons.